The number of carbonyl (C=O) groups excluding carboxylic acids is 2. The van der Waals surface area contributed by atoms with Gasteiger partial charge in [0.15, 0.2) is 6.10 Å². The van der Waals surface area contributed by atoms with Crippen LogP contribution in [0.1, 0.15) is 168 Å². The molecule has 0 amide bonds. The molecule has 2 fully saturated rings. The van der Waals surface area contributed by atoms with Crippen LogP contribution in [-0.4, -0.2) is 111 Å². The first-order valence-corrected chi connectivity index (χ1v) is 25.7. The zero-order chi connectivity index (χ0) is 46.8. The highest BCUT2D eigenvalue weighted by Gasteiger charge is 2.51. The van der Waals surface area contributed by atoms with Crippen molar-refractivity contribution >= 4 is 19.8 Å². The molecule has 1 heterocycles. The van der Waals surface area contributed by atoms with Gasteiger partial charge in [-0.3, -0.25) is 18.6 Å². The molecule has 64 heavy (non-hydrogen) atoms. The number of aliphatic hydroxyl groups is 5. The van der Waals surface area contributed by atoms with E-state index in [0.29, 0.717) is 25.0 Å². The van der Waals surface area contributed by atoms with Crippen molar-refractivity contribution in [2.24, 2.45) is 0 Å². The minimum Gasteiger partial charge on any atom is -0.462 e. The molecule has 0 bridgehead atoms. The van der Waals surface area contributed by atoms with E-state index < -0.39 is 75.7 Å². The van der Waals surface area contributed by atoms with Gasteiger partial charge in [-0.25, -0.2) is 4.57 Å². The highest BCUT2D eigenvalue weighted by atomic mass is 31.2. The maximum absolute atomic E-state index is 12.8. The van der Waals surface area contributed by atoms with Crippen LogP contribution < -0.4 is 0 Å². The monoisotopic (exact) mass is 927 g/mol. The Hall–Kier alpha value is -2.49. The van der Waals surface area contributed by atoms with E-state index in [1.807, 2.05) is 0 Å². The number of rotatable bonds is 38. The quantitative estimate of drug-likeness (QED) is 0.0112. The van der Waals surface area contributed by atoms with E-state index in [1.165, 1.54) is 38.5 Å². The van der Waals surface area contributed by atoms with E-state index in [9.17, 15) is 44.6 Å². The average molecular weight is 927 g/mol. The molecule has 1 saturated heterocycles. The van der Waals surface area contributed by atoms with Crippen LogP contribution in [0.4, 0.5) is 0 Å². The fourth-order valence-electron chi connectivity index (χ4n) is 7.22. The van der Waals surface area contributed by atoms with E-state index >= 15 is 0 Å². The summed E-state index contributed by atoms with van der Waals surface area (Å²) in [6.07, 6.45) is 31.4. The molecule has 1 aliphatic heterocycles. The summed E-state index contributed by atoms with van der Waals surface area (Å²) in [7, 11) is -5.14. The molecule has 0 spiro atoms. The van der Waals surface area contributed by atoms with E-state index in [1.54, 1.807) is 0 Å². The Bertz CT molecular complexity index is 1420. The predicted molar refractivity (Wildman–Crippen MR) is 248 cm³/mol. The zero-order valence-corrected chi connectivity index (χ0v) is 39.6. The fraction of sp³-hybridized carbons (Fsp3) is 0.755. The Kier molecular flexibility index (Phi) is 32.1. The third kappa shape index (κ3) is 27.2. The number of hydrogen-bond donors (Lipinski definition) is 6. The largest absolute Gasteiger partial charge is 0.472 e. The lowest BCUT2D eigenvalue weighted by molar-refractivity contribution is -0.220. The lowest BCUT2D eigenvalue weighted by Gasteiger charge is -2.41. The van der Waals surface area contributed by atoms with Gasteiger partial charge in [-0.1, -0.05) is 132 Å². The third-order valence-corrected chi connectivity index (χ3v) is 12.2. The van der Waals surface area contributed by atoms with Gasteiger partial charge in [-0.2, -0.15) is 0 Å². The standard InChI is InChI=1S/C49H83O14P/c1-3-5-7-9-11-12-13-14-15-16-17-18-19-20-21-22-23-27-31-35-42(50)59-37-39(38-60-64(57,58)63-49-47(55)45(53)44(52)46(54)48(49)56)61-43(51)36-32-28-24-26-30-34-41-40(62-41)33-29-25-10-8-6-4-2/h11-12,14-15,17-18,20-21,25,29,39-41,44-49,52-56H,3-10,13,16,19,22-24,26-28,30-38H2,1-2H3,(H,57,58)/b12-11-,15-14-,18-17-,21-20-,29-25-/t39-,40?,41?,44?,45-,46+,47-,48-,49?/m1/s1. The van der Waals surface area contributed by atoms with Crippen molar-refractivity contribution in [3.63, 3.8) is 0 Å². The van der Waals surface area contributed by atoms with Crippen LogP contribution in [0.15, 0.2) is 60.8 Å². The summed E-state index contributed by atoms with van der Waals surface area (Å²) < 4.78 is 39.3. The molecule has 2 aliphatic rings. The van der Waals surface area contributed by atoms with Crippen LogP contribution in [0, 0.1) is 0 Å². The van der Waals surface area contributed by atoms with Gasteiger partial charge in [-0.05, 0) is 83.5 Å². The van der Waals surface area contributed by atoms with Gasteiger partial charge in [-0.15, -0.1) is 0 Å². The van der Waals surface area contributed by atoms with E-state index in [4.69, 9.17) is 23.3 Å². The highest BCUT2D eigenvalue weighted by molar-refractivity contribution is 7.47. The number of esters is 2. The van der Waals surface area contributed by atoms with Gasteiger partial charge in [0.25, 0.3) is 0 Å². The van der Waals surface area contributed by atoms with Crippen LogP contribution in [0.2, 0.25) is 0 Å². The topological polar surface area (TPSA) is 222 Å². The normalized spacial score (nSPS) is 25.2. The number of allylic oxidation sites excluding steroid dienone is 9. The summed E-state index contributed by atoms with van der Waals surface area (Å²) >= 11 is 0. The molecule has 14 nitrogen and oxygen atoms in total. The Morgan fingerprint density at radius 2 is 1.03 bits per heavy atom. The van der Waals surface area contributed by atoms with Crippen LogP contribution in [0.3, 0.4) is 0 Å². The highest BCUT2D eigenvalue weighted by Crippen LogP contribution is 2.47. The molecule has 2 rings (SSSR count). The van der Waals surface area contributed by atoms with Crippen LogP contribution >= 0.6 is 7.82 Å². The van der Waals surface area contributed by atoms with E-state index in [2.05, 4.69) is 74.6 Å². The predicted octanol–water partition coefficient (Wildman–Crippen LogP) is 8.71. The number of phosphoric acid groups is 1. The minimum atomic E-state index is -5.14. The number of aliphatic hydroxyl groups excluding tert-OH is 5. The molecule has 0 aromatic heterocycles. The first-order valence-electron chi connectivity index (χ1n) is 24.2. The fourth-order valence-corrected chi connectivity index (χ4v) is 8.19. The zero-order valence-electron chi connectivity index (χ0n) is 38.8. The lowest BCUT2D eigenvalue weighted by atomic mass is 9.85. The summed E-state index contributed by atoms with van der Waals surface area (Å²) in [5, 5.41) is 50.2. The Labute approximate surface area is 383 Å². The summed E-state index contributed by atoms with van der Waals surface area (Å²) in [6.45, 7) is 3.19. The van der Waals surface area contributed by atoms with Gasteiger partial charge in [0.2, 0.25) is 0 Å². The lowest BCUT2D eigenvalue weighted by Crippen LogP contribution is -2.64. The van der Waals surface area contributed by atoms with Gasteiger partial charge < -0.3 is 44.6 Å². The third-order valence-electron chi connectivity index (χ3n) is 11.3. The first-order chi connectivity index (χ1) is 30.9. The van der Waals surface area contributed by atoms with Crippen molar-refractivity contribution in [1.29, 1.82) is 0 Å². The number of epoxide rings is 1. The van der Waals surface area contributed by atoms with Crippen molar-refractivity contribution in [2.45, 2.75) is 223 Å². The molecule has 0 radical (unpaired) electrons. The number of ether oxygens (including phenoxy) is 3. The molecule has 10 atom stereocenters. The molecule has 0 aromatic rings. The molecule has 15 heteroatoms. The molecule has 1 aliphatic carbocycles. The van der Waals surface area contributed by atoms with E-state index in [0.717, 1.165) is 89.9 Å². The second-order valence-corrected chi connectivity index (χ2v) is 18.4. The van der Waals surface area contributed by atoms with Crippen molar-refractivity contribution in [1.82, 2.24) is 0 Å². The second kappa shape index (κ2) is 35.7. The first kappa shape index (κ1) is 57.6. The maximum atomic E-state index is 12.8. The Morgan fingerprint density at radius 3 is 1.61 bits per heavy atom. The molecule has 368 valence electrons. The SMILES string of the molecule is CCCCC/C=C\C/C=C\C/C=C\C/C=C\CCCCCC(=O)OC[C@H](COP(=O)(O)OC1[C@H](O)[C@H](O)C(O)[C@H](O)[C@H]1O)OC(=O)CCCCCCCC1OC1C/C=C\CCCCC. The van der Waals surface area contributed by atoms with Gasteiger partial charge in [0.1, 0.15) is 43.2 Å². The van der Waals surface area contributed by atoms with Crippen molar-refractivity contribution in [3.05, 3.63) is 60.8 Å². The van der Waals surface area contributed by atoms with Gasteiger partial charge in [0, 0.05) is 12.8 Å². The average Bonchev–Trinajstić information content (AvgIpc) is 4.03. The smallest absolute Gasteiger partial charge is 0.462 e. The van der Waals surface area contributed by atoms with Crippen molar-refractivity contribution in [2.75, 3.05) is 13.2 Å². The van der Waals surface area contributed by atoms with Crippen molar-refractivity contribution < 1.29 is 67.8 Å². The van der Waals surface area contributed by atoms with E-state index in [-0.39, 0.29) is 12.8 Å². The maximum Gasteiger partial charge on any atom is 0.472 e. The molecule has 5 unspecified atom stereocenters. The second-order valence-electron chi connectivity index (χ2n) is 17.0. The summed E-state index contributed by atoms with van der Waals surface area (Å²) in [5.74, 6) is -1.16. The molecule has 6 N–H and O–H groups in total. The molecule has 1 saturated carbocycles. The summed E-state index contributed by atoms with van der Waals surface area (Å²) in [4.78, 5) is 35.8. The van der Waals surface area contributed by atoms with Crippen molar-refractivity contribution in [3.8, 4) is 0 Å². The minimum absolute atomic E-state index is 0.0636. The van der Waals surface area contributed by atoms with Crippen LogP contribution in [0.5, 0.6) is 0 Å². The summed E-state index contributed by atoms with van der Waals surface area (Å²) in [6, 6.07) is 0. The Morgan fingerprint density at radius 1 is 0.562 bits per heavy atom. The molecular weight excluding hydrogens is 843 g/mol. The number of unbranched alkanes of at least 4 members (excludes halogenated alkanes) is 13. The number of hydrogen-bond acceptors (Lipinski definition) is 13. The van der Waals surface area contributed by atoms with Gasteiger partial charge >= 0.3 is 19.8 Å². The van der Waals surface area contributed by atoms with Crippen LogP contribution in [0.25, 0.3) is 0 Å². The molecular formula is C49H83O14P. The summed E-state index contributed by atoms with van der Waals surface area (Å²) in [5.41, 5.74) is 0. The Balaban J connectivity index is 1.71. The van der Waals surface area contributed by atoms with Gasteiger partial charge in [0.05, 0.1) is 18.8 Å². The molecule has 0 aromatic carbocycles. The van der Waals surface area contributed by atoms with Crippen LogP contribution in [-0.2, 0) is 37.4 Å². The number of carbonyl (C=O) groups is 2. The number of phosphoric ester groups is 1.